The second-order valence-corrected chi connectivity index (χ2v) is 5.30. The SMILES string of the molecule is NN=Cc1cc([N+](=O)[O-])ccc1Sc1ccc(C(F)(F)F)cn1. The Labute approximate surface area is 132 Å². The Morgan fingerprint density at radius 3 is 2.57 bits per heavy atom. The maximum absolute atomic E-state index is 12.5. The van der Waals surface area contributed by atoms with Crippen LogP contribution in [-0.4, -0.2) is 16.1 Å². The summed E-state index contributed by atoms with van der Waals surface area (Å²) in [6.07, 6.45) is -2.51. The van der Waals surface area contributed by atoms with Gasteiger partial charge in [0.15, 0.2) is 0 Å². The lowest BCUT2D eigenvalue weighted by atomic mass is 10.2. The number of aromatic nitrogens is 1. The van der Waals surface area contributed by atoms with Crippen LogP contribution in [0.5, 0.6) is 0 Å². The number of hydrogen-bond acceptors (Lipinski definition) is 6. The number of hydrazone groups is 1. The molecule has 120 valence electrons. The third kappa shape index (κ3) is 4.19. The normalized spacial score (nSPS) is 11.8. The van der Waals surface area contributed by atoms with Gasteiger partial charge in [0.05, 0.1) is 16.7 Å². The summed E-state index contributed by atoms with van der Waals surface area (Å²) in [6, 6.07) is 6.14. The number of nitro benzene ring substituents is 1. The van der Waals surface area contributed by atoms with Crippen molar-refractivity contribution in [1.82, 2.24) is 4.98 Å². The molecule has 0 atom stereocenters. The molecule has 0 saturated carbocycles. The minimum absolute atomic E-state index is 0.148. The molecular weight excluding hydrogens is 333 g/mol. The Morgan fingerprint density at radius 2 is 2.04 bits per heavy atom. The molecule has 0 bridgehead atoms. The van der Waals surface area contributed by atoms with E-state index < -0.39 is 16.7 Å². The van der Waals surface area contributed by atoms with Gasteiger partial charge < -0.3 is 5.84 Å². The van der Waals surface area contributed by atoms with Gasteiger partial charge in [-0.1, -0.05) is 11.8 Å². The smallest absolute Gasteiger partial charge is 0.323 e. The number of rotatable bonds is 4. The maximum atomic E-state index is 12.5. The van der Waals surface area contributed by atoms with Crippen LogP contribution in [-0.2, 0) is 6.18 Å². The summed E-state index contributed by atoms with van der Waals surface area (Å²) in [5.41, 5.74) is -0.632. The maximum Gasteiger partial charge on any atom is 0.417 e. The zero-order valence-corrected chi connectivity index (χ0v) is 12.1. The highest BCUT2D eigenvalue weighted by molar-refractivity contribution is 7.99. The van der Waals surface area contributed by atoms with Crippen LogP contribution >= 0.6 is 11.8 Å². The molecule has 1 aromatic heterocycles. The number of pyridine rings is 1. The van der Waals surface area contributed by atoms with Crippen LogP contribution in [0.1, 0.15) is 11.1 Å². The van der Waals surface area contributed by atoms with E-state index in [1.54, 1.807) is 0 Å². The largest absolute Gasteiger partial charge is 0.417 e. The van der Waals surface area contributed by atoms with Crippen LogP contribution < -0.4 is 5.84 Å². The number of nitro groups is 1. The second-order valence-electron chi connectivity index (χ2n) is 4.24. The zero-order chi connectivity index (χ0) is 17.0. The number of halogens is 3. The van der Waals surface area contributed by atoms with E-state index in [0.29, 0.717) is 15.5 Å². The fraction of sp³-hybridized carbons (Fsp3) is 0.0769. The summed E-state index contributed by atoms with van der Waals surface area (Å²) in [4.78, 5) is 14.4. The lowest BCUT2D eigenvalue weighted by Crippen LogP contribution is -2.05. The molecule has 0 aliphatic heterocycles. The molecule has 0 aliphatic carbocycles. The molecule has 0 radical (unpaired) electrons. The van der Waals surface area contributed by atoms with Crippen molar-refractivity contribution in [3.63, 3.8) is 0 Å². The van der Waals surface area contributed by atoms with Gasteiger partial charge in [-0.3, -0.25) is 10.1 Å². The Balaban J connectivity index is 2.30. The highest BCUT2D eigenvalue weighted by Gasteiger charge is 2.30. The van der Waals surface area contributed by atoms with Gasteiger partial charge in [-0.2, -0.15) is 18.3 Å². The first-order chi connectivity index (χ1) is 10.8. The first-order valence-electron chi connectivity index (χ1n) is 6.04. The topological polar surface area (TPSA) is 94.4 Å². The lowest BCUT2D eigenvalue weighted by Gasteiger charge is -2.08. The van der Waals surface area contributed by atoms with Crippen LogP contribution in [0, 0.1) is 10.1 Å². The van der Waals surface area contributed by atoms with E-state index in [4.69, 9.17) is 5.84 Å². The standard InChI is InChI=1S/C13H9F3N4O2S/c14-13(15,16)9-1-4-12(18-7-9)23-11-3-2-10(20(21)22)5-8(11)6-19-17/h1-7H,17H2. The van der Waals surface area contributed by atoms with Crippen molar-refractivity contribution >= 4 is 23.7 Å². The molecule has 6 nitrogen and oxygen atoms in total. The molecule has 2 N–H and O–H groups in total. The Hall–Kier alpha value is -2.62. The summed E-state index contributed by atoms with van der Waals surface area (Å²) in [5, 5.41) is 14.4. The van der Waals surface area contributed by atoms with Gasteiger partial charge >= 0.3 is 6.18 Å². The molecule has 0 aliphatic rings. The van der Waals surface area contributed by atoms with Crippen molar-refractivity contribution in [2.45, 2.75) is 16.1 Å². The molecule has 23 heavy (non-hydrogen) atoms. The van der Waals surface area contributed by atoms with Gasteiger partial charge in [-0.05, 0) is 18.2 Å². The van der Waals surface area contributed by atoms with Crippen molar-refractivity contribution in [1.29, 1.82) is 0 Å². The first kappa shape index (κ1) is 16.7. The Kier molecular flexibility index (Phi) is 4.84. The third-order valence-corrected chi connectivity index (χ3v) is 3.74. The van der Waals surface area contributed by atoms with Crippen molar-refractivity contribution in [2.24, 2.45) is 10.9 Å². The number of non-ortho nitro benzene ring substituents is 1. The average Bonchev–Trinajstić information content (AvgIpc) is 2.48. The van der Waals surface area contributed by atoms with Gasteiger partial charge in [0.1, 0.15) is 5.03 Å². The number of nitrogens with zero attached hydrogens (tertiary/aromatic N) is 3. The van der Waals surface area contributed by atoms with E-state index in [9.17, 15) is 23.3 Å². The lowest BCUT2D eigenvalue weighted by molar-refractivity contribution is -0.384. The Bertz CT molecular complexity index is 748. The highest BCUT2D eigenvalue weighted by atomic mass is 32.2. The molecule has 2 rings (SSSR count). The average molecular weight is 342 g/mol. The fourth-order valence-corrected chi connectivity index (χ4v) is 2.48. The van der Waals surface area contributed by atoms with Crippen molar-refractivity contribution in [3.8, 4) is 0 Å². The molecule has 0 unspecified atom stereocenters. The molecule has 0 spiro atoms. The van der Waals surface area contributed by atoms with Crippen molar-refractivity contribution in [2.75, 3.05) is 0 Å². The predicted molar refractivity (Wildman–Crippen MR) is 78.2 cm³/mol. The van der Waals surface area contributed by atoms with Crippen LogP contribution in [0.15, 0.2) is 51.6 Å². The minimum atomic E-state index is -4.46. The molecule has 0 fully saturated rings. The second kappa shape index (κ2) is 6.65. The van der Waals surface area contributed by atoms with E-state index in [2.05, 4.69) is 10.1 Å². The molecule has 1 heterocycles. The Morgan fingerprint density at radius 1 is 1.30 bits per heavy atom. The molecule has 10 heteroatoms. The highest BCUT2D eigenvalue weighted by Crippen LogP contribution is 2.33. The predicted octanol–water partition coefficient (Wildman–Crippen LogP) is 3.45. The molecular formula is C13H9F3N4O2S. The summed E-state index contributed by atoms with van der Waals surface area (Å²) in [7, 11) is 0. The molecule has 0 saturated heterocycles. The first-order valence-corrected chi connectivity index (χ1v) is 6.85. The fourth-order valence-electron chi connectivity index (χ4n) is 1.64. The third-order valence-electron chi connectivity index (χ3n) is 2.70. The van der Waals surface area contributed by atoms with E-state index in [0.717, 1.165) is 24.0 Å². The van der Waals surface area contributed by atoms with Crippen molar-refractivity contribution < 1.29 is 18.1 Å². The quantitative estimate of drug-likeness (QED) is 0.397. The molecule has 1 aromatic carbocycles. The van der Waals surface area contributed by atoms with Crippen LogP contribution in [0.4, 0.5) is 18.9 Å². The molecule has 0 amide bonds. The van der Waals surface area contributed by atoms with Crippen LogP contribution in [0.2, 0.25) is 0 Å². The summed E-state index contributed by atoms with van der Waals surface area (Å²) in [5.74, 6) is 5.07. The van der Waals surface area contributed by atoms with Gasteiger partial charge in [0.25, 0.3) is 5.69 Å². The van der Waals surface area contributed by atoms with Gasteiger partial charge in [-0.15, -0.1) is 0 Å². The summed E-state index contributed by atoms with van der Waals surface area (Å²) in [6.45, 7) is 0. The van der Waals surface area contributed by atoms with Gasteiger partial charge in [0.2, 0.25) is 0 Å². The zero-order valence-electron chi connectivity index (χ0n) is 11.3. The number of alkyl halides is 3. The van der Waals surface area contributed by atoms with Gasteiger partial charge in [-0.25, -0.2) is 4.98 Å². The van der Waals surface area contributed by atoms with Gasteiger partial charge in [0, 0.05) is 28.8 Å². The summed E-state index contributed by atoms with van der Waals surface area (Å²) >= 11 is 1.05. The van der Waals surface area contributed by atoms with Crippen molar-refractivity contribution in [3.05, 3.63) is 57.8 Å². The number of benzene rings is 1. The van der Waals surface area contributed by atoms with E-state index in [-0.39, 0.29) is 5.69 Å². The van der Waals surface area contributed by atoms with E-state index >= 15 is 0 Å². The monoisotopic (exact) mass is 342 g/mol. The van der Waals surface area contributed by atoms with E-state index in [1.165, 1.54) is 30.5 Å². The van der Waals surface area contributed by atoms with E-state index in [1.807, 2.05) is 0 Å². The van der Waals surface area contributed by atoms with Crippen LogP contribution in [0.3, 0.4) is 0 Å². The minimum Gasteiger partial charge on any atom is -0.323 e. The molecule has 2 aromatic rings. The number of hydrogen-bond donors (Lipinski definition) is 1. The van der Waals surface area contributed by atoms with Crippen LogP contribution in [0.25, 0.3) is 0 Å². The summed E-state index contributed by atoms with van der Waals surface area (Å²) < 4.78 is 37.5. The number of nitrogens with two attached hydrogens (primary N) is 1.